The maximum absolute atomic E-state index is 13.7. The lowest BCUT2D eigenvalue weighted by molar-refractivity contribution is 0.0833. The summed E-state index contributed by atoms with van der Waals surface area (Å²) in [6, 6.07) is 4.26. The van der Waals surface area contributed by atoms with Crippen LogP contribution in [-0.4, -0.2) is 11.2 Å². The average Bonchev–Trinajstić information content (AvgIpc) is 2.84. The fourth-order valence-corrected chi connectivity index (χ4v) is 2.69. The molecule has 0 saturated heterocycles. The number of aryl methyl sites for hydroxylation is 1. The first-order valence-corrected chi connectivity index (χ1v) is 6.29. The summed E-state index contributed by atoms with van der Waals surface area (Å²) in [7, 11) is 0. The zero-order chi connectivity index (χ0) is 12.4. The molecule has 1 aliphatic carbocycles. The Morgan fingerprint density at radius 2 is 1.94 bits per heavy atom. The number of rotatable bonds is 3. The fraction of sp³-hybridized carbons (Fsp3) is 0.571. The molecule has 0 aromatic heterocycles. The molecule has 1 aromatic carbocycles. The third-order valence-corrected chi connectivity index (χ3v) is 3.76. The van der Waals surface area contributed by atoms with E-state index in [4.69, 9.17) is 5.73 Å². The average molecular weight is 274 g/mol. The van der Waals surface area contributed by atoms with Crippen LogP contribution in [0.15, 0.2) is 18.2 Å². The molecule has 0 amide bonds. The van der Waals surface area contributed by atoms with Gasteiger partial charge in [0, 0.05) is 5.56 Å². The molecule has 0 unspecified atom stereocenters. The van der Waals surface area contributed by atoms with Crippen LogP contribution in [0.2, 0.25) is 0 Å². The summed E-state index contributed by atoms with van der Waals surface area (Å²) in [4.78, 5) is 0. The Kier molecular flexibility index (Phi) is 5.57. The van der Waals surface area contributed by atoms with E-state index in [1.807, 2.05) is 6.92 Å². The maximum atomic E-state index is 13.7. The quantitative estimate of drug-likeness (QED) is 0.889. The fourth-order valence-electron chi connectivity index (χ4n) is 2.69. The Balaban J connectivity index is 0.00000162. The molecule has 2 rings (SSSR count). The normalized spacial score (nSPS) is 19.3. The van der Waals surface area contributed by atoms with Gasteiger partial charge in [0.25, 0.3) is 0 Å². The van der Waals surface area contributed by atoms with Crippen molar-refractivity contribution in [2.75, 3.05) is 0 Å². The second kappa shape index (κ2) is 6.50. The molecule has 0 aliphatic heterocycles. The van der Waals surface area contributed by atoms with Gasteiger partial charge in [0.15, 0.2) is 0 Å². The second-order valence-corrected chi connectivity index (χ2v) is 5.09. The summed E-state index contributed by atoms with van der Waals surface area (Å²) in [6.45, 7) is 1.90. The Hall–Kier alpha value is -0.640. The van der Waals surface area contributed by atoms with E-state index in [0.29, 0.717) is 5.56 Å². The van der Waals surface area contributed by atoms with Crippen LogP contribution in [-0.2, 0) is 0 Å². The van der Waals surface area contributed by atoms with Gasteiger partial charge in [-0.15, -0.1) is 12.4 Å². The first-order valence-electron chi connectivity index (χ1n) is 6.29. The topological polar surface area (TPSA) is 46.2 Å². The van der Waals surface area contributed by atoms with E-state index in [-0.39, 0.29) is 24.1 Å². The Bertz CT molecular complexity index is 393. The summed E-state index contributed by atoms with van der Waals surface area (Å²) >= 11 is 0. The highest BCUT2D eigenvalue weighted by Crippen LogP contribution is 2.33. The van der Waals surface area contributed by atoms with Gasteiger partial charge in [-0.1, -0.05) is 30.5 Å². The smallest absolute Gasteiger partial charge is 0.128 e. The molecule has 2 nitrogen and oxygen atoms in total. The van der Waals surface area contributed by atoms with Crippen molar-refractivity contribution in [1.82, 2.24) is 0 Å². The molecule has 102 valence electrons. The molecule has 0 spiro atoms. The minimum absolute atomic E-state index is 0. The molecule has 3 N–H and O–H groups in total. The first kappa shape index (κ1) is 15.4. The van der Waals surface area contributed by atoms with Gasteiger partial charge < -0.3 is 10.8 Å². The standard InChI is InChI=1S/C14H20FNO.ClH/c1-9-6-7-12(15)11(8-9)13(16)14(17)10-4-2-3-5-10;/h6-8,10,13-14,17H,2-5,16H2,1H3;1H/t13-,14+;/m1./s1. The summed E-state index contributed by atoms with van der Waals surface area (Å²) in [6.07, 6.45) is 3.66. The summed E-state index contributed by atoms with van der Waals surface area (Å²) < 4.78 is 13.7. The number of hydrogen-bond donors (Lipinski definition) is 2. The van der Waals surface area contributed by atoms with Gasteiger partial charge in [0.2, 0.25) is 0 Å². The third-order valence-electron chi connectivity index (χ3n) is 3.76. The predicted molar refractivity (Wildman–Crippen MR) is 73.3 cm³/mol. The van der Waals surface area contributed by atoms with Gasteiger partial charge in [-0.25, -0.2) is 4.39 Å². The molecule has 2 atom stereocenters. The summed E-state index contributed by atoms with van der Waals surface area (Å²) in [5.74, 6) is -0.0925. The van der Waals surface area contributed by atoms with Crippen molar-refractivity contribution < 1.29 is 9.50 Å². The molecular formula is C14H21ClFNO. The van der Waals surface area contributed by atoms with E-state index in [0.717, 1.165) is 31.2 Å². The molecule has 1 fully saturated rings. The van der Waals surface area contributed by atoms with Gasteiger partial charge in [0.05, 0.1) is 12.1 Å². The molecule has 0 heterocycles. The van der Waals surface area contributed by atoms with Gasteiger partial charge in [-0.05, 0) is 31.7 Å². The van der Waals surface area contributed by atoms with Crippen molar-refractivity contribution in [3.8, 4) is 0 Å². The SMILES string of the molecule is Cc1ccc(F)c([C@@H](N)[C@@H](O)C2CCCC2)c1.Cl. The highest BCUT2D eigenvalue weighted by Gasteiger charge is 2.29. The van der Waals surface area contributed by atoms with Crippen LogP contribution < -0.4 is 5.73 Å². The first-order chi connectivity index (χ1) is 8.09. The number of benzene rings is 1. The van der Waals surface area contributed by atoms with Crippen LogP contribution in [0.5, 0.6) is 0 Å². The molecule has 0 radical (unpaired) electrons. The van der Waals surface area contributed by atoms with Crippen molar-refractivity contribution in [2.45, 2.75) is 44.8 Å². The molecule has 0 bridgehead atoms. The minimum atomic E-state index is -0.631. The number of aliphatic hydroxyl groups excluding tert-OH is 1. The molecule has 4 heteroatoms. The molecule has 1 aliphatic rings. The monoisotopic (exact) mass is 273 g/mol. The lowest BCUT2D eigenvalue weighted by Crippen LogP contribution is -2.32. The van der Waals surface area contributed by atoms with E-state index >= 15 is 0 Å². The van der Waals surface area contributed by atoms with E-state index in [1.54, 1.807) is 12.1 Å². The van der Waals surface area contributed by atoms with Crippen LogP contribution in [0.1, 0.15) is 42.9 Å². The number of hydrogen-bond acceptors (Lipinski definition) is 2. The highest BCUT2D eigenvalue weighted by molar-refractivity contribution is 5.85. The van der Waals surface area contributed by atoms with E-state index in [2.05, 4.69) is 0 Å². The van der Waals surface area contributed by atoms with Crippen molar-refractivity contribution in [1.29, 1.82) is 0 Å². The van der Waals surface area contributed by atoms with Crippen LogP contribution in [0.3, 0.4) is 0 Å². The van der Waals surface area contributed by atoms with E-state index < -0.39 is 12.1 Å². The van der Waals surface area contributed by atoms with Gasteiger partial charge in [-0.2, -0.15) is 0 Å². The summed E-state index contributed by atoms with van der Waals surface area (Å²) in [5, 5.41) is 10.2. The molecule has 1 saturated carbocycles. The maximum Gasteiger partial charge on any atom is 0.128 e. The minimum Gasteiger partial charge on any atom is -0.391 e. The molecule has 18 heavy (non-hydrogen) atoms. The largest absolute Gasteiger partial charge is 0.391 e. The lowest BCUT2D eigenvalue weighted by atomic mass is 9.90. The zero-order valence-electron chi connectivity index (χ0n) is 10.6. The molecule has 1 aromatic rings. The third kappa shape index (κ3) is 3.22. The Labute approximate surface area is 114 Å². The number of aliphatic hydroxyl groups is 1. The predicted octanol–water partition coefficient (Wildman–Crippen LogP) is 3.11. The van der Waals surface area contributed by atoms with Gasteiger partial charge in [-0.3, -0.25) is 0 Å². The van der Waals surface area contributed by atoms with Gasteiger partial charge >= 0.3 is 0 Å². The highest BCUT2D eigenvalue weighted by atomic mass is 35.5. The second-order valence-electron chi connectivity index (χ2n) is 5.09. The Morgan fingerprint density at radius 1 is 1.33 bits per heavy atom. The van der Waals surface area contributed by atoms with Crippen LogP contribution >= 0.6 is 12.4 Å². The number of halogens is 2. The van der Waals surface area contributed by atoms with Crippen LogP contribution in [0.25, 0.3) is 0 Å². The zero-order valence-corrected chi connectivity index (χ0v) is 11.4. The summed E-state index contributed by atoms with van der Waals surface area (Å²) in [5.41, 5.74) is 7.40. The number of nitrogens with two attached hydrogens (primary N) is 1. The Morgan fingerprint density at radius 3 is 2.56 bits per heavy atom. The van der Waals surface area contributed by atoms with E-state index in [1.165, 1.54) is 6.07 Å². The van der Waals surface area contributed by atoms with E-state index in [9.17, 15) is 9.50 Å². The van der Waals surface area contributed by atoms with Crippen molar-refractivity contribution in [2.24, 2.45) is 11.7 Å². The van der Waals surface area contributed by atoms with Crippen molar-refractivity contribution >= 4 is 12.4 Å². The van der Waals surface area contributed by atoms with Crippen molar-refractivity contribution in [3.63, 3.8) is 0 Å². The van der Waals surface area contributed by atoms with Crippen molar-refractivity contribution in [3.05, 3.63) is 35.1 Å². The van der Waals surface area contributed by atoms with Crippen LogP contribution in [0, 0.1) is 18.7 Å². The molecular weight excluding hydrogens is 253 g/mol. The van der Waals surface area contributed by atoms with Crippen LogP contribution in [0.4, 0.5) is 4.39 Å². The van der Waals surface area contributed by atoms with Gasteiger partial charge in [0.1, 0.15) is 5.82 Å². The lowest BCUT2D eigenvalue weighted by Gasteiger charge is -2.25.